The van der Waals surface area contributed by atoms with Gasteiger partial charge in [0.2, 0.25) is 5.91 Å². The molecule has 0 spiro atoms. The van der Waals surface area contributed by atoms with Crippen molar-refractivity contribution in [3.05, 3.63) is 124 Å². The van der Waals surface area contributed by atoms with Gasteiger partial charge < -0.3 is 19.4 Å². The SMILES string of the molecule is O=C(NCc1cccc(F)c1)c1ccc(COc2ccc3c(c2)[C@@H](c2ccc(F)cc2)N(C(=O)C2CC2)CC3)o1. The van der Waals surface area contributed by atoms with Crippen molar-refractivity contribution in [2.75, 3.05) is 6.54 Å². The zero-order chi connectivity index (χ0) is 27.6. The maximum atomic E-state index is 13.7. The first-order valence-electron chi connectivity index (χ1n) is 13.4. The van der Waals surface area contributed by atoms with Gasteiger partial charge in [-0.3, -0.25) is 9.59 Å². The minimum Gasteiger partial charge on any atom is -0.486 e. The molecule has 4 aromatic rings. The first kappa shape index (κ1) is 25.8. The van der Waals surface area contributed by atoms with E-state index in [0.717, 1.165) is 36.0 Å². The fourth-order valence-electron chi connectivity index (χ4n) is 5.14. The van der Waals surface area contributed by atoms with Gasteiger partial charge in [-0.05, 0) is 90.0 Å². The van der Waals surface area contributed by atoms with Gasteiger partial charge in [0.1, 0.15) is 29.8 Å². The smallest absolute Gasteiger partial charge is 0.287 e. The summed E-state index contributed by atoms with van der Waals surface area (Å²) in [5.41, 5.74) is 3.58. The largest absolute Gasteiger partial charge is 0.486 e. The van der Waals surface area contributed by atoms with Crippen molar-refractivity contribution in [3.63, 3.8) is 0 Å². The van der Waals surface area contributed by atoms with Gasteiger partial charge in [-0.15, -0.1) is 0 Å². The molecule has 0 radical (unpaired) electrons. The molecule has 0 saturated heterocycles. The molecule has 6 nitrogen and oxygen atoms in total. The van der Waals surface area contributed by atoms with Crippen LogP contribution in [-0.4, -0.2) is 23.3 Å². The number of halogens is 2. The van der Waals surface area contributed by atoms with Crippen LogP contribution < -0.4 is 10.1 Å². The van der Waals surface area contributed by atoms with Gasteiger partial charge in [-0.2, -0.15) is 0 Å². The van der Waals surface area contributed by atoms with Gasteiger partial charge in [0.15, 0.2) is 5.76 Å². The number of carbonyl (C=O) groups is 2. The van der Waals surface area contributed by atoms with Crippen molar-refractivity contribution < 1.29 is 27.5 Å². The Morgan fingerprint density at radius 2 is 1.77 bits per heavy atom. The molecular weight excluding hydrogens is 514 g/mol. The molecule has 1 atom stereocenters. The van der Waals surface area contributed by atoms with E-state index in [9.17, 15) is 18.4 Å². The molecule has 2 amide bonds. The molecule has 1 aliphatic heterocycles. The molecular formula is C32H28F2N2O4. The van der Waals surface area contributed by atoms with Crippen molar-refractivity contribution in [3.8, 4) is 5.75 Å². The average molecular weight is 543 g/mol. The number of rotatable bonds is 8. The Morgan fingerprint density at radius 1 is 0.950 bits per heavy atom. The maximum absolute atomic E-state index is 13.7. The average Bonchev–Trinajstić information content (AvgIpc) is 3.71. The molecule has 6 rings (SSSR count). The maximum Gasteiger partial charge on any atom is 0.287 e. The highest BCUT2D eigenvalue weighted by atomic mass is 19.1. The highest BCUT2D eigenvalue weighted by molar-refractivity contribution is 5.91. The first-order valence-corrected chi connectivity index (χ1v) is 13.4. The summed E-state index contributed by atoms with van der Waals surface area (Å²) >= 11 is 0. The van der Waals surface area contributed by atoms with Crippen molar-refractivity contribution in [1.82, 2.24) is 10.2 Å². The third-order valence-electron chi connectivity index (χ3n) is 7.35. The summed E-state index contributed by atoms with van der Waals surface area (Å²) in [7, 11) is 0. The van der Waals surface area contributed by atoms with Crippen molar-refractivity contribution >= 4 is 11.8 Å². The van der Waals surface area contributed by atoms with Crippen LogP contribution in [0.25, 0.3) is 0 Å². The molecule has 1 fully saturated rings. The Balaban J connectivity index is 1.16. The van der Waals surface area contributed by atoms with Crippen molar-refractivity contribution in [2.24, 2.45) is 5.92 Å². The van der Waals surface area contributed by atoms with Gasteiger partial charge >= 0.3 is 0 Å². The fraction of sp³-hybridized carbons (Fsp3) is 0.250. The Labute approximate surface area is 230 Å². The van der Waals surface area contributed by atoms with Gasteiger partial charge in [0.05, 0.1) is 6.04 Å². The van der Waals surface area contributed by atoms with E-state index in [-0.39, 0.29) is 48.4 Å². The van der Waals surface area contributed by atoms with Crippen LogP contribution in [-0.2, 0) is 24.4 Å². The number of fused-ring (bicyclic) bond motifs is 1. The lowest BCUT2D eigenvalue weighted by Crippen LogP contribution is -2.41. The lowest BCUT2D eigenvalue weighted by molar-refractivity contribution is -0.134. The summed E-state index contributed by atoms with van der Waals surface area (Å²) in [5, 5.41) is 2.72. The molecule has 1 aromatic heterocycles. The molecule has 1 N–H and O–H groups in total. The van der Waals surface area contributed by atoms with Crippen LogP contribution in [0.3, 0.4) is 0 Å². The third kappa shape index (κ3) is 5.61. The van der Waals surface area contributed by atoms with Gasteiger partial charge in [-0.25, -0.2) is 8.78 Å². The monoisotopic (exact) mass is 542 g/mol. The van der Waals surface area contributed by atoms with Gasteiger partial charge in [0, 0.05) is 19.0 Å². The molecule has 1 aliphatic carbocycles. The predicted octanol–water partition coefficient (Wildman–Crippen LogP) is 5.95. The molecule has 0 unspecified atom stereocenters. The number of hydrogen-bond donors (Lipinski definition) is 1. The van der Waals surface area contributed by atoms with E-state index in [4.69, 9.17) is 9.15 Å². The lowest BCUT2D eigenvalue weighted by atomic mass is 9.87. The standard InChI is InChI=1S/C32H28F2N2O4/c33-24-9-6-22(7-10-24)30-28-17-26(11-8-21(28)14-15-36(30)32(38)23-4-5-23)39-19-27-12-13-29(40-27)31(37)35-18-20-2-1-3-25(34)16-20/h1-3,6-13,16-17,23,30H,4-5,14-15,18-19H2,(H,35,37)/t30-/m1/s1. The van der Waals surface area contributed by atoms with Crippen molar-refractivity contribution in [1.29, 1.82) is 0 Å². The zero-order valence-corrected chi connectivity index (χ0v) is 21.7. The molecule has 204 valence electrons. The quantitative estimate of drug-likeness (QED) is 0.299. The number of furan rings is 1. The Kier molecular flexibility index (Phi) is 7.07. The summed E-state index contributed by atoms with van der Waals surface area (Å²) in [6, 6.07) is 21.1. The summed E-state index contributed by atoms with van der Waals surface area (Å²) in [6.45, 7) is 0.886. The number of carbonyl (C=O) groups excluding carboxylic acids is 2. The van der Waals surface area contributed by atoms with E-state index in [2.05, 4.69) is 5.32 Å². The van der Waals surface area contributed by atoms with E-state index in [0.29, 0.717) is 23.6 Å². The summed E-state index contributed by atoms with van der Waals surface area (Å²) in [6.07, 6.45) is 2.56. The summed E-state index contributed by atoms with van der Waals surface area (Å²) in [4.78, 5) is 27.6. The van der Waals surface area contributed by atoms with Crippen LogP contribution in [0.15, 0.2) is 83.3 Å². The van der Waals surface area contributed by atoms with Crippen LogP contribution in [0.1, 0.15) is 57.5 Å². The highest BCUT2D eigenvalue weighted by Gasteiger charge is 2.39. The van der Waals surface area contributed by atoms with Gasteiger partial charge in [-0.1, -0.05) is 30.3 Å². The van der Waals surface area contributed by atoms with Crippen LogP contribution in [0, 0.1) is 17.6 Å². The summed E-state index contributed by atoms with van der Waals surface area (Å²) < 4.78 is 38.8. The van der Waals surface area contributed by atoms with Crippen LogP contribution in [0.5, 0.6) is 5.75 Å². The van der Waals surface area contributed by atoms with E-state index in [1.54, 1.807) is 36.4 Å². The molecule has 2 heterocycles. The number of ether oxygens (including phenoxy) is 1. The molecule has 40 heavy (non-hydrogen) atoms. The van der Waals surface area contributed by atoms with Crippen LogP contribution in [0.4, 0.5) is 8.78 Å². The Bertz CT molecular complexity index is 1540. The fourth-order valence-corrected chi connectivity index (χ4v) is 5.14. The third-order valence-corrected chi connectivity index (χ3v) is 7.35. The molecule has 3 aromatic carbocycles. The highest BCUT2D eigenvalue weighted by Crippen LogP contribution is 2.41. The molecule has 2 aliphatic rings. The summed E-state index contributed by atoms with van der Waals surface area (Å²) in [5.74, 6) is 0.315. The second-order valence-corrected chi connectivity index (χ2v) is 10.2. The Hall–Kier alpha value is -4.46. The zero-order valence-electron chi connectivity index (χ0n) is 21.7. The second-order valence-electron chi connectivity index (χ2n) is 10.2. The first-order chi connectivity index (χ1) is 19.4. The molecule has 8 heteroatoms. The van der Waals surface area contributed by atoms with E-state index in [1.807, 2.05) is 23.1 Å². The minimum atomic E-state index is -0.410. The van der Waals surface area contributed by atoms with Crippen LogP contribution in [0.2, 0.25) is 0 Å². The number of amides is 2. The number of benzene rings is 3. The van der Waals surface area contributed by atoms with E-state index in [1.165, 1.54) is 24.3 Å². The number of nitrogens with zero attached hydrogens (tertiary/aromatic N) is 1. The Morgan fingerprint density at radius 3 is 2.55 bits per heavy atom. The van der Waals surface area contributed by atoms with Crippen LogP contribution >= 0.6 is 0 Å². The van der Waals surface area contributed by atoms with E-state index >= 15 is 0 Å². The number of hydrogen-bond acceptors (Lipinski definition) is 4. The minimum absolute atomic E-state index is 0.0724. The lowest BCUT2D eigenvalue weighted by Gasteiger charge is -2.38. The van der Waals surface area contributed by atoms with E-state index < -0.39 is 5.91 Å². The number of nitrogens with one attached hydrogen (secondary N) is 1. The van der Waals surface area contributed by atoms with Gasteiger partial charge in [0.25, 0.3) is 5.91 Å². The normalized spacial score (nSPS) is 16.4. The molecule has 0 bridgehead atoms. The second kappa shape index (κ2) is 11.0. The van der Waals surface area contributed by atoms with Crippen molar-refractivity contribution in [2.45, 2.75) is 38.5 Å². The predicted molar refractivity (Wildman–Crippen MR) is 143 cm³/mol. The topological polar surface area (TPSA) is 71.8 Å². The molecule has 1 saturated carbocycles.